The SMILES string of the molecule is CCCC(C)OCc1cc(N)ccc1Cl. The maximum Gasteiger partial charge on any atom is 0.0735 e. The van der Waals surface area contributed by atoms with Crippen molar-refractivity contribution in [3.05, 3.63) is 28.8 Å². The minimum atomic E-state index is 0.271. The summed E-state index contributed by atoms with van der Waals surface area (Å²) < 4.78 is 5.66. The van der Waals surface area contributed by atoms with Crippen LogP contribution in [0.25, 0.3) is 0 Å². The Kier molecular flexibility index (Phi) is 4.92. The molecule has 1 unspecified atom stereocenters. The van der Waals surface area contributed by atoms with Crippen molar-refractivity contribution in [3.63, 3.8) is 0 Å². The van der Waals surface area contributed by atoms with E-state index in [2.05, 4.69) is 13.8 Å². The van der Waals surface area contributed by atoms with Gasteiger partial charge < -0.3 is 10.5 Å². The quantitative estimate of drug-likeness (QED) is 0.780. The molecule has 3 heteroatoms. The summed E-state index contributed by atoms with van der Waals surface area (Å²) in [5.74, 6) is 0. The highest BCUT2D eigenvalue weighted by molar-refractivity contribution is 6.31. The molecular formula is C12H18ClNO. The standard InChI is InChI=1S/C12H18ClNO/c1-3-4-9(2)15-8-10-7-11(14)5-6-12(10)13/h5-7,9H,3-4,8,14H2,1-2H3. The second-order valence-corrected chi connectivity index (χ2v) is 4.17. The lowest BCUT2D eigenvalue weighted by Crippen LogP contribution is -2.07. The van der Waals surface area contributed by atoms with Gasteiger partial charge >= 0.3 is 0 Å². The molecule has 0 aliphatic carbocycles. The van der Waals surface area contributed by atoms with Gasteiger partial charge in [-0.25, -0.2) is 0 Å². The van der Waals surface area contributed by atoms with Crippen molar-refractivity contribution in [2.45, 2.75) is 39.4 Å². The van der Waals surface area contributed by atoms with E-state index >= 15 is 0 Å². The third-order valence-corrected chi connectivity index (χ3v) is 2.66. The van der Waals surface area contributed by atoms with Gasteiger partial charge in [-0.3, -0.25) is 0 Å². The molecule has 2 N–H and O–H groups in total. The summed E-state index contributed by atoms with van der Waals surface area (Å²) in [4.78, 5) is 0. The van der Waals surface area contributed by atoms with E-state index in [4.69, 9.17) is 22.1 Å². The van der Waals surface area contributed by atoms with Crippen LogP contribution >= 0.6 is 11.6 Å². The van der Waals surface area contributed by atoms with Gasteiger partial charge in [-0.05, 0) is 37.1 Å². The van der Waals surface area contributed by atoms with E-state index in [-0.39, 0.29) is 6.10 Å². The Hall–Kier alpha value is -0.730. The van der Waals surface area contributed by atoms with Crippen LogP contribution in [0.2, 0.25) is 5.02 Å². The van der Waals surface area contributed by atoms with Gasteiger partial charge in [0.2, 0.25) is 0 Å². The molecule has 2 nitrogen and oxygen atoms in total. The summed E-state index contributed by atoms with van der Waals surface area (Å²) in [7, 11) is 0. The molecule has 0 saturated carbocycles. The van der Waals surface area contributed by atoms with Gasteiger partial charge in [0.15, 0.2) is 0 Å². The Bertz CT molecular complexity index is 314. The maximum absolute atomic E-state index is 6.02. The van der Waals surface area contributed by atoms with Crippen LogP contribution in [0.1, 0.15) is 32.3 Å². The molecule has 1 aromatic rings. The van der Waals surface area contributed by atoms with Crippen molar-refractivity contribution in [1.29, 1.82) is 0 Å². The predicted molar refractivity (Wildman–Crippen MR) is 65.0 cm³/mol. The molecule has 0 amide bonds. The molecule has 0 radical (unpaired) electrons. The van der Waals surface area contributed by atoms with Crippen LogP contribution in [0.5, 0.6) is 0 Å². The second-order valence-electron chi connectivity index (χ2n) is 3.76. The lowest BCUT2D eigenvalue weighted by Gasteiger charge is -2.13. The minimum Gasteiger partial charge on any atom is -0.399 e. The van der Waals surface area contributed by atoms with Crippen molar-refractivity contribution < 1.29 is 4.74 Å². The van der Waals surface area contributed by atoms with E-state index < -0.39 is 0 Å². The zero-order chi connectivity index (χ0) is 11.3. The molecule has 0 bridgehead atoms. The number of anilines is 1. The van der Waals surface area contributed by atoms with Crippen molar-refractivity contribution >= 4 is 17.3 Å². The molecular weight excluding hydrogens is 210 g/mol. The number of halogens is 1. The van der Waals surface area contributed by atoms with Gasteiger partial charge in [-0.15, -0.1) is 0 Å². The van der Waals surface area contributed by atoms with E-state index in [9.17, 15) is 0 Å². The summed E-state index contributed by atoms with van der Waals surface area (Å²) in [5.41, 5.74) is 7.36. The van der Waals surface area contributed by atoms with Crippen LogP contribution in [0.15, 0.2) is 18.2 Å². The van der Waals surface area contributed by atoms with Crippen LogP contribution in [0, 0.1) is 0 Å². The molecule has 0 fully saturated rings. The Morgan fingerprint density at radius 3 is 2.87 bits per heavy atom. The molecule has 84 valence electrons. The number of rotatable bonds is 5. The zero-order valence-electron chi connectivity index (χ0n) is 9.29. The van der Waals surface area contributed by atoms with Crippen LogP contribution in [-0.4, -0.2) is 6.10 Å². The average molecular weight is 228 g/mol. The first kappa shape index (κ1) is 12.3. The van der Waals surface area contributed by atoms with Crippen molar-refractivity contribution in [2.75, 3.05) is 5.73 Å². The number of benzene rings is 1. The first-order valence-electron chi connectivity index (χ1n) is 5.29. The first-order valence-corrected chi connectivity index (χ1v) is 5.66. The number of nitrogens with two attached hydrogens (primary N) is 1. The lowest BCUT2D eigenvalue weighted by atomic mass is 10.2. The van der Waals surface area contributed by atoms with Gasteiger partial charge in [-0.1, -0.05) is 24.9 Å². The maximum atomic E-state index is 6.02. The summed E-state index contributed by atoms with van der Waals surface area (Å²) in [6.07, 6.45) is 2.47. The molecule has 0 saturated heterocycles. The number of hydrogen-bond acceptors (Lipinski definition) is 2. The lowest BCUT2D eigenvalue weighted by molar-refractivity contribution is 0.0472. The van der Waals surface area contributed by atoms with Crippen LogP contribution in [-0.2, 0) is 11.3 Å². The van der Waals surface area contributed by atoms with Crippen LogP contribution < -0.4 is 5.73 Å². The van der Waals surface area contributed by atoms with Crippen LogP contribution in [0.4, 0.5) is 5.69 Å². The molecule has 1 atom stereocenters. The fourth-order valence-electron chi connectivity index (χ4n) is 1.43. The topological polar surface area (TPSA) is 35.2 Å². The first-order chi connectivity index (χ1) is 7.13. The highest BCUT2D eigenvalue weighted by atomic mass is 35.5. The van der Waals surface area contributed by atoms with Gasteiger partial charge in [0.25, 0.3) is 0 Å². The molecule has 0 aliphatic heterocycles. The van der Waals surface area contributed by atoms with E-state index in [1.54, 1.807) is 12.1 Å². The summed E-state index contributed by atoms with van der Waals surface area (Å²) in [5, 5.41) is 0.716. The third kappa shape index (κ3) is 4.10. The fraction of sp³-hybridized carbons (Fsp3) is 0.500. The summed E-state index contributed by atoms with van der Waals surface area (Å²) in [6, 6.07) is 5.46. The largest absolute Gasteiger partial charge is 0.399 e. The Morgan fingerprint density at radius 1 is 1.47 bits per heavy atom. The van der Waals surface area contributed by atoms with Gasteiger partial charge in [0.05, 0.1) is 12.7 Å². The van der Waals surface area contributed by atoms with E-state index in [1.807, 2.05) is 6.07 Å². The van der Waals surface area contributed by atoms with Crippen molar-refractivity contribution in [2.24, 2.45) is 0 Å². The highest BCUT2D eigenvalue weighted by Gasteiger charge is 2.04. The molecule has 1 aromatic carbocycles. The number of nitrogen functional groups attached to an aromatic ring is 1. The monoisotopic (exact) mass is 227 g/mol. The molecule has 1 rings (SSSR count). The van der Waals surface area contributed by atoms with Crippen molar-refractivity contribution in [1.82, 2.24) is 0 Å². The van der Waals surface area contributed by atoms with E-state index in [0.29, 0.717) is 11.6 Å². The minimum absolute atomic E-state index is 0.271. The molecule has 0 heterocycles. The molecule has 0 aromatic heterocycles. The van der Waals surface area contributed by atoms with Crippen molar-refractivity contribution in [3.8, 4) is 0 Å². The Morgan fingerprint density at radius 2 is 2.20 bits per heavy atom. The Labute approximate surface area is 96.4 Å². The molecule has 0 aliphatic rings. The Balaban J connectivity index is 2.53. The normalized spacial score (nSPS) is 12.7. The van der Waals surface area contributed by atoms with Gasteiger partial charge in [0.1, 0.15) is 0 Å². The summed E-state index contributed by atoms with van der Waals surface area (Å²) >= 11 is 6.02. The van der Waals surface area contributed by atoms with E-state index in [1.165, 1.54) is 0 Å². The summed E-state index contributed by atoms with van der Waals surface area (Å²) in [6.45, 7) is 4.75. The highest BCUT2D eigenvalue weighted by Crippen LogP contribution is 2.20. The molecule has 0 spiro atoms. The average Bonchev–Trinajstić information content (AvgIpc) is 2.20. The fourth-order valence-corrected chi connectivity index (χ4v) is 1.60. The third-order valence-electron chi connectivity index (χ3n) is 2.29. The number of ether oxygens (including phenoxy) is 1. The molecule has 15 heavy (non-hydrogen) atoms. The van der Waals surface area contributed by atoms with Crippen LogP contribution in [0.3, 0.4) is 0 Å². The van der Waals surface area contributed by atoms with Gasteiger partial charge in [0, 0.05) is 10.7 Å². The number of hydrogen-bond donors (Lipinski definition) is 1. The second kappa shape index (κ2) is 5.99. The predicted octanol–water partition coefficient (Wildman–Crippen LogP) is 3.63. The van der Waals surface area contributed by atoms with Gasteiger partial charge in [-0.2, -0.15) is 0 Å². The smallest absolute Gasteiger partial charge is 0.0735 e. The zero-order valence-corrected chi connectivity index (χ0v) is 10.1. The van der Waals surface area contributed by atoms with E-state index in [0.717, 1.165) is 24.1 Å².